The van der Waals surface area contributed by atoms with Crippen molar-refractivity contribution in [2.45, 2.75) is 29.4 Å². The fourth-order valence-electron chi connectivity index (χ4n) is 3.53. The quantitative estimate of drug-likeness (QED) is 0.484. The van der Waals surface area contributed by atoms with Crippen LogP contribution in [0.4, 0.5) is 0 Å². The minimum Gasteiger partial charge on any atom is -0.496 e. The Balaban J connectivity index is 1.56. The second-order valence-electron chi connectivity index (χ2n) is 6.38. The van der Waals surface area contributed by atoms with Gasteiger partial charge in [-0.3, -0.25) is 0 Å². The second-order valence-corrected chi connectivity index (χ2v) is 8.42. The maximum Gasteiger partial charge on any atom is 0.197 e. The fourth-order valence-corrected chi connectivity index (χ4v) is 5.72. The maximum atomic E-state index is 5.47. The number of aryl methyl sites for hydroxylation is 2. The molecule has 4 aromatic rings. The second kappa shape index (κ2) is 6.61. The number of hydrogen-bond donors (Lipinski definition) is 0. The molecule has 3 heterocycles. The standard InChI is InChI=1S/C19H17N5OS2/c1-24-16(11-6-3-4-8-13(11)25-2)22-23-19(24)27-18-15-12-7-5-9-14(12)26-17(15)20-10-21-18/h3-4,6,8,10H,5,7,9H2,1-2H3. The lowest BCUT2D eigenvalue weighted by atomic mass is 10.2. The van der Waals surface area contributed by atoms with E-state index >= 15 is 0 Å². The third-order valence-electron chi connectivity index (χ3n) is 4.84. The van der Waals surface area contributed by atoms with Crippen LogP contribution < -0.4 is 4.74 Å². The Kier molecular flexibility index (Phi) is 4.09. The number of ether oxygens (including phenoxy) is 1. The molecule has 0 radical (unpaired) electrons. The third-order valence-corrected chi connectivity index (χ3v) is 7.08. The van der Waals surface area contributed by atoms with E-state index in [2.05, 4.69) is 20.2 Å². The van der Waals surface area contributed by atoms with Crippen LogP contribution in [0, 0.1) is 0 Å². The van der Waals surface area contributed by atoms with Crippen LogP contribution in [0.15, 0.2) is 40.8 Å². The number of benzene rings is 1. The van der Waals surface area contributed by atoms with Crippen molar-refractivity contribution < 1.29 is 4.74 Å². The minimum atomic E-state index is 0.774. The summed E-state index contributed by atoms with van der Waals surface area (Å²) < 4.78 is 7.46. The van der Waals surface area contributed by atoms with Gasteiger partial charge in [0.25, 0.3) is 0 Å². The lowest BCUT2D eigenvalue weighted by Gasteiger charge is -2.08. The van der Waals surface area contributed by atoms with Crippen LogP contribution in [0.5, 0.6) is 5.75 Å². The van der Waals surface area contributed by atoms with E-state index in [1.807, 2.05) is 35.9 Å². The van der Waals surface area contributed by atoms with Crippen LogP contribution in [0.2, 0.25) is 0 Å². The average molecular weight is 396 g/mol. The summed E-state index contributed by atoms with van der Waals surface area (Å²) in [5.74, 6) is 1.56. The molecule has 0 amide bonds. The number of nitrogens with zero attached hydrogens (tertiary/aromatic N) is 5. The smallest absolute Gasteiger partial charge is 0.197 e. The Hall–Kier alpha value is -2.45. The Morgan fingerprint density at radius 1 is 1.15 bits per heavy atom. The number of hydrogen-bond acceptors (Lipinski definition) is 7. The van der Waals surface area contributed by atoms with E-state index in [-0.39, 0.29) is 0 Å². The van der Waals surface area contributed by atoms with Gasteiger partial charge in [-0.2, -0.15) is 0 Å². The zero-order valence-electron chi connectivity index (χ0n) is 15.0. The van der Waals surface area contributed by atoms with Crippen molar-refractivity contribution in [2.75, 3.05) is 7.11 Å². The topological polar surface area (TPSA) is 65.7 Å². The summed E-state index contributed by atoms with van der Waals surface area (Å²) in [6.07, 6.45) is 5.13. The molecule has 0 atom stereocenters. The van der Waals surface area contributed by atoms with Crippen molar-refractivity contribution in [2.24, 2.45) is 7.05 Å². The van der Waals surface area contributed by atoms with Gasteiger partial charge in [-0.25, -0.2) is 9.97 Å². The third kappa shape index (κ3) is 2.71. The van der Waals surface area contributed by atoms with Gasteiger partial charge in [0.1, 0.15) is 21.9 Å². The lowest BCUT2D eigenvalue weighted by molar-refractivity contribution is 0.416. The van der Waals surface area contributed by atoms with Gasteiger partial charge in [-0.1, -0.05) is 12.1 Å². The van der Waals surface area contributed by atoms with E-state index in [0.717, 1.165) is 45.0 Å². The summed E-state index contributed by atoms with van der Waals surface area (Å²) in [5, 5.41) is 11.8. The Labute approximate surface area is 164 Å². The summed E-state index contributed by atoms with van der Waals surface area (Å²) in [6.45, 7) is 0. The van der Waals surface area contributed by atoms with Crippen LogP contribution in [-0.2, 0) is 19.9 Å². The number of fused-ring (bicyclic) bond motifs is 3. The van der Waals surface area contributed by atoms with Crippen LogP contribution >= 0.6 is 23.1 Å². The van der Waals surface area contributed by atoms with Gasteiger partial charge in [0.2, 0.25) is 0 Å². The molecule has 1 aliphatic carbocycles. The highest BCUT2D eigenvalue weighted by molar-refractivity contribution is 7.99. The van der Waals surface area contributed by atoms with Gasteiger partial charge in [-0.15, -0.1) is 21.5 Å². The van der Waals surface area contributed by atoms with Crippen molar-refractivity contribution in [3.8, 4) is 17.1 Å². The molecule has 0 N–H and O–H groups in total. The molecule has 1 aliphatic rings. The van der Waals surface area contributed by atoms with Crippen molar-refractivity contribution in [3.05, 3.63) is 41.0 Å². The van der Waals surface area contributed by atoms with Crippen molar-refractivity contribution in [3.63, 3.8) is 0 Å². The first-order chi connectivity index (χ1) is 13.3. The zero-order valence-corrected chi connectivity index (χ0v) is 16.6. The number of thiophene rings is 1. The van der Waals surface area contributed by atoms with E-state index in [1.165, 1.54) is 22.2 Å². The summed E-state index contributed by atoms with van der Waals surface area (Å²) in [7, 11) is 3.64. The first kappa shape index (κ1) is 16.7. The Bertz CT molecular complexity index is 1150. The lowest BCUT2D eigenvalue weighted by Crippen LogP contribution is -1.97. The van der Waals surface area contributed by atoms with Gasteiger partial charge in [0.15, 0.2) is 11.0 Å². The largest absolute Gasteiger partial charge is 0.496 e. The molecule has 1 aromatic carbocycles. The molecule has 0 spiro atoms. The van der Waals surface area contributed by atoms with Crippen molar-refractivity contribution >= 4 is 33.3 Å². The summed E-state index contributed by atoms with van der Waals surface area (Å²) in [5.41, 5.74) is 2.34. The molecule has 0 saturated heterocycles. The monoisotopic (exact) mass is 395 g/mol. The molecule has 0 fully saturated rings. The number of rotatable bonds is 4. The fraction of sp³-hybridized carbons (Fsp3) is 0.263. The van der Waals surface area contributed by atoms with Crippen molar-refractivity contribution in [1.29, 1.82) is 0 Å². The highest BCUT2D eigenvalue weighted by Crippen LogP contribution is 2.41. The molecule has 0 unspecified atom stereocenters. The Morgan fingerprint density at radius 3 is 2.93 bits per heavy atom. The van der Waals surface area contributed by atoms with E-state index in [4.69, 9.17) is 4.74 Å². The van der Waals surface area contributed by atoms with Crippen LogP contribution in [0.3, 0.4) is 0 Å². The van der Waals surface area contributed by atoms with Crippen LogP contribution in [0.1, 0.15) is 16.9 Å². The maximum absolute atomic E-state index is 5.47. The predicted octanol–water partition coefficient (Wildman–Crippen LogP) is 4.14. The van der Waals surface area contributed by atoms with Crippen LogP contribution in [0.25, 0.3) is 21.6 Å². The minimum absolute atomic E-state index is 0.774. The van der Waals surface area contributed by atoms with E-state index in [1.54, 1.807) is 36.5 Å². The number of para-hydroxylation sites is 1. The molecule has 0 saturated carbocycles. The van der Waals surface area contributed by atoms with Crippen molar-refractivity contribution in [1.82, 2.24) is 24.7 Å². The SMILES string of the molecule is COc1ccccc1-c1nnc(Sc2ncnc3sc4c(c23)CCC4)n1C. The Morgan fingerprint density at radius 2 is 2.04 bits per heavy atom. The zero-order chi connectivity index (χ0) is 18.4. The molecule has 3 aromatic heterocycles. The summed E-state index contributed by atoms with van der Waals surface area (Å²) in [6, 6.07) is 7.84. The van der Waals surface area contributed by atoms with Gasteiger partial charge >= 0.3 is 0 Å². The van der Waals surface area contributed by atoms with E-state index in [9.17, 15) is 0 Å². The molecule has 136 valence electrons. The van der Waals surface area contributed by atoms with Gasteiger partial charge in [-0.05, 0) is 48.7 Å². The normalized spacial score (nSPS) is 13.3. The van der Waals surface area contributed by atoms with Gasteiger partial charge < -0.3 is 9.30 Å². The van der Waals surface area contributed by atoms with E-state index in [0.29, 0.717) is 0 Å². The molecule has 0 bridgehead atoms. The van der Waals surface area contributed by atoms with Gasteiger partial charge in [0.05, 0.1) is 12.7 Å². The van der Waals surface area contributed by atoms with E-state index < -0.39 is 0 Å². The molecule has 6 nitrogen and oxygen atoms in total. The average Bonchev–Trinajstić information content (AvgIpc) is 3.37. The summed E-state index contributed by atoms with van der Waals surface area (Å²) >= 11 is 3.35. The molecular weight excluding hydrogens is 378 g/mol. The first-order valence-electron chi connectivity index (χ1n) is 8.72. The molecule has 0 aliphatic heterocycles. The molecular formula is C19H17N5OS2. The number of aromatic nitrogens is 5. The van der Waals surface area contributed by atoms with Gasteiger partial charge in [0, 0.05) is 17.3 Å². The predicted molar refractivity (Wildman–Crippen MR) is 107 cm³/mol. The summed E-state index contributed by atoms with van der Waals surface area (Å²) in [4.78, 5) is 11.6. The first-order valence-corrected chi connectivity index (χ1v) is 10.4. The highest BCUT2D eigenvalue weighted by atomic mass is 32.2. The molecule has 8 heteroatoms. The highest BCUT2D eigenvalue weighted by Gasteiger charge is 2.23. The molecule has 5 rings (SSSR count). The molecule has 27 heavy (non-hydrogen) atoms. The van der Waals surface area contributed by atoms with Crippen LogP contribution in [-0.4, -0.2) is 31.8 Å². The number of methoxy groups -OCH3 is 1.